The molecule has 1 aromatic carbocycles. The molecule has 3 heteroatoms. The van der Waals surface area contributed by atoms with Crippen molar-refractivity contribution in [3.8, 4) is 0 Å². The molecule has 1 saturated heterocycles. The Morgan fingerprint density at radius 3 is 2.64 bits per heavy atom. The van der Waals surface area contributed by atoms with Crippen LogP contribution in [0.1, 0.15) is 18.4 Å². The SMILES string of the molecule is Clc1ccc(CBr)c(N2CCCC2)c1. The average Bonchev–Trinajstić information content (AvgIpc) is 2.70. The summed E-state index contributed by atoms with van der Waals surface area (Å²) in [4.78, 5) is 2.42. The predicted molar refractivity (Wildman–Crippen MR) is 65.5 cm³/mol. The largest absolute Gasteiger partial charge is 0.371 e. The molecule has 0 aliphatic carbocycles. The first-order valence-corrected chi connectivity index (χ1v) is 6.40. The van der Waals surface area contributed by atoms with Crippen molar-refractivity contribution in [2.24, 2.45) is 0 Å². The van der Waals surface area contributed by atoms with Crippen LogP contribution in [0.4, 0.5) is 5.69 Å². The smallest absolute Gasteiger partial charge is 0.0426 e. The van der Waals surface area contributed by atoms with E-state index in [4.69, 9.17) is 11.6 Å². The number of nitrogens with zero attached hydrogens (tertiary/aromatic N) is 1. The van der Waals surface area contributed by atoms with Crippen LogP contribution in [-0.4, -0.2) is 13.1 Å². The highest BCUT2D eigenvalue weighted by atomic mass is 79.9. The number of alkyl halides is 1. The van der Waals surface area contributed by atoms with Crippen molar-refractivity contribution in [1.29, 1.82) is 0 Å². The summed E-state index contributed by atoms with van der Waals surface area (Å²) in [7, 11) is 0. The molecule has 1 aliphatic rings. The highest BCUT2D eigenvalue weighted by molar-refractivity contribution is 9.08. The molecule has 0 unspecified atom stereocenters. The lowest BCUT2D eigenvalue weighted by Crippen LogP contribution is -2.18. The van der Waals surface area contributed by atoms with E-state index in [0.717, 1.165) is 10.4 Å². The molecule has 1 aromatic rings. The van der Waals surface area contributed by atoms with Gasteiger partial charge in [-0.3, -0.25) is 0 Å². The molecule has 0 N–H and O–H groups in total. The molecule has 0 aromatic heterocycles. The Balaban J connectivity index is 2.33. The van der Waals surface area contributed by atoms with Gasteiger partial charge in [-0.25, -0.2) is 0 Å². The number of rotatable bonds is 2. The summed E-state index contributed by atoms with van der Waals surface area (Å²) in [6.45, 7) is 2.33. The summed E-state index contributed by atoms with van der Waals surface area (Å²) in [6, 6.07) is 6.13. The maximum atomic E-state index is 6.01. The van der Waals surface area contributed by atoms with Crippen molar-refractivity contribution < 1.29 is 0 Å². The van der Waals surface area contributed by atoms with E-state index in [1.54, 1.807) is 0 Å². The number of benzene rings is 1. The van der Waals surface area contributed by atoms with Gasteiger partial charge in [-0.1, -0.05) is 33.6 Å². The van der Waals surface area contributed by atoms with Crippen LogP contribution in [0, 0.1) is 0 Å². The van der Waals surface area contributed by atoms with Gasteiger partial charge in [0.15, 0.2) is 0 Å². The van der Waals surface area contributed by atoms with Gasteiger partial charge in [0.25, 0.3) is 0 Å². The fourth-order valence-corrected chi connectivity index (χ4v) is 2.54. The summed E-state index contributed by atoms with van der Waals surface area (Å²) in [5.74, 6) is 0. The lowest BCUT2D eigenvalue weighted by atomic mass is 10.2. The van der Waals surface area contributed by atoms with Gasteiger partial charge in [-0.2, -0.15) is 0 Å². The molecule has 0 bridgehead atoms. The maximum absolute atomic E-state index is 6.01. The van der Waals surface area contributed by atoms with Gasteiger partial charge in [0, 0.05) is 29.1 Å². The second-order valence-electron chi connectivity index (χ2n) is 3.60. The first-order valence-electron chi connectivity index (χ1n) is 4.90. The zero-order valence-electron chi connectivity index (χ0n) is 7.97. The van der Waals surface area contributed by atoms with Crippen LogP contribution < -0.4 is 4.90 Å². The fourth-order valence-electron chi connectivity index (χ4n) is 1.90. The van der Waals surface area contributed by atoms with Gasteiger partial charge in [-0.05, 0) is 30.5 Å². The third-order valence-electron chi connectivity index (χ3n) is 2.64. The Morgan fingerprint density at radius 2 is 2.00 bits per heavy atom. The average molecular weight is 275 g/mol. The Labute approximate surface area is 98.2 Å². The number of anilines is 1. The molecule has 1 aliphatic heterocycles. The molecule has 76 valence electrons. The van der Waals surface area contributed by atoms with Crippen LogP contribution in [0.15, 0.2) is 18.2 Å². The first-order chi connectivity index (χ1) is 6.81. The molecule has 0 amide bonds. The van der Waals surface area contributed by atoms with E-state index < -0.39 is 0 Å². The number of halogens is 2. The molecular weight excluding hydrogens is 261 g/mol. The normalized spacial score (nSPS) is 16.3. The van der Waals surface area contributed by atoms with Gasteiger partial charge < -0.3 is 4.90 Å². The van der Waals surface area contributed by atoms with Crippen molar-refractivity contribution in [2.45, 2.75) is 18.2 Å². The minimum atomic E-state index is 0.830. The predicted octanol–water partition coefficient (Wildman–Crippen LogP) is 3.84. The molecule has 0 radical (unpaired) electrons. The van der Waals surface area contributed by atoms with Crippen molar-refractivity contribution in [2.75, 3.05) is 18.0 Å². The van der Waals surface area contributed by atoms with Gasteiger partial charge in [0.1, 0.15) is 0 Å². The highest BCUT2D eigenvalue weighted by Crippen LogP contribution is 2.29. The third kappa shape index (κ3) is 2.06. The summed E-state index contributed by atoms with van der Waals surface area (Å²) in [5, 5.41) is 1.73. The van der Waals surface area contributed by atoms with E-state index in [0.29, 0.717) is 0 Å². The molecule has 1 heterocycles. The monoisotopic (exact) mass is 273 g/mol. The van der Waals surface area contributed by atoms with Crippen LogP contribution in [0.25, 0.3) is 0 Å². The lowest BCUT2D eigenvalue weighted by Gasteiger charge is -2.20. The van der Waals surface area contributed by atoms with Crippen molar-refractivity contribution in [3.05, 3.63) is 28.8 Å². The molecule has 1 fully saturated rings. The second kappa shape index (κ2) is 4.54. The van der Waals surface area contributed by atoms with Crippen LogP contribution >= 0.6 is 27.5 Å². The van der Waals surface area contributed by atoms with E-state index in [1.807, 2.05) is 6.07 Å². The summed E-state index contributed by atoms with van der Waals surface area (Å²) in [6.07, 6.45) is 2.60. The van der Waals surface area contributed by atoms with Crippen LogP contribution in [0.5, 0.6) is 0 Å². The number of hydrogen-bond donors (Lipinski definition) is 0. The van der Waals surface area contributed by atoms with E-state index in [1.165, 1.54) is 37.2 Å². The zero-order chi connectivity index (χ0) is 9.97. The van der Waals surface area contributed by atoms with E-state index in [9.17, 15) is 0 Å². The van der Waals surface area contributed by atoms with Gasteiger partial charge in [0.2, 0.25) is 0 Å². The van der Waals surface area contributed by atoms with Gasteiger partial charge in [0.05, 0.1) is 0 Å². The molecule has 2 rings (SSSR count). The topological polar surface area (TPSA) is 3.24 Å². The maximum Gasteiger partial charge on any atom is 0.0426 e. The summed E-state index contributed by atoms with van der Waals surface area (Å²) >= 11 is 9.52. The Morgan fingerprint density at radius 1 is 1.29 bits per heavy atom. The van der Waals surface area contributed by atoms with E-state index in [-0.39, 0.29) is 0 Å². The third-order valence-corrected chi connectivity index (χ3v) is 3.48. The van der Waals surface area contributed by atoms with E-state index in [2.05, 4.69) is 33.0 Å². The zero-order valence-corrected chi connectivity index (χ0v) is 10.3. The minimum Gasteiger partial charge on any atom is -0.371 e. The van der Waals surface area contributed by atoms with Crippen LogP contribution in [-0.2, 0) is 5.33 Å². The van der Waals surface area contributed by atoms with Crippen molar-refractivity contribution in [1.82, 2.24) is 0 Å². The minimum absolute atomic E-state index is 0.830. The number of hydrogen-bond acceptors (Lipinski definition) is 1. The quantitative estimate of drug-likeness (QED) is 0.741. The Hall–Kier alpha value is -0.210. The second-order valence-corrected chi connectivity index (χ2v) is 4.60. The van der Waals surface area contributed by atoms with Gasteiger partial charge in [-0.15, -0.1) is 0 Å². The van der Waals surface area contributed by atoms with E-state index >= 15 is 0 Å². The Kier molecular flexibility index (Phi) is 3.34. The molecule has 1 nitrogen and oxygen atoms in total. The van der Waals surface area contributed by atoms with Crippen molar-refractivity contribution >= 4 is 33.2 Å². The molecule has 0 spiro atoms. The standard InChI is InChI=1S/C11H13BrClN/c12-8-9-3-4-10(13)7-11(9)14-5-1-2-6-14/h3-4,7H,1-2,5-6,8H2. The summed E-state index contributed by atoms with van der Waals surface area (Å²) in [5.41, 5.74) is 2.63. The molecular formula is C11H13BrClN. The molecule has 0 atom stereocenters. The molecule has 14 heavy (non-hydrogen) atoms. The van der Waals surface area contributed by atoms with Gasteiger partial charge >= 0.3 is 0 Å². The summed E-state index contributed by atoms with van der Waals surface area (Å²) < 4.78 is 0. The van der Waals surface area contributed by atoms with Crippen LogP contribution in [0.2, 0.25) is 5.02 Å². The van der Waals surface area contributed by atoms with Crippen LogP contribution in [0.3, 0.4) is 0 Å². The fraction of sp³-hybridized carbons (Fsp3) is 0.455. The molecule has 0 saturated carbocycles. The highest BCUT2D eigenvalue weighted by Gasteiger charge is 2.15. The van der Waals surface area contributed by atoms with Crippen molar-refractivity contribution in [3.63, 3.8) is 0 Å². The Bertz CT molecular complexity index is 321. The lowest BCUT2D eigenvalue weighted by molar-refractivity contribution is 0.949. The first kappa shape index (κ1) is 10.3.